The monoisotopic (exact) mass is 406 g/mol. The Morgan fingerprint density at radius 1 is 1.10 bits per heavy atom. The van der Waals surface area contributed by atoms with Crippen molar-refractivity contribution in [3.05, 3.63) is 54.1 Å². The van der Waals surface area contributed by atoms with E-state index in [0.29, 0.717) is 18.0 Å². The van der Waals surface area contributed by atoms with E-state index < -0.39 is 5.79 Å². The fourth-order valence-corrected chi connectivity index (χ4v) is 4.73. The lowest BCUT2D eigenvalue weighted by Crippen LogP contribution is -2.34. The van der Waals surface area contributed by atoms with Gasteiger partial charge in [-0.25, -0.2) is 0 Å². The molecule has 3 aliphatic rings. The lowest BCUT2D eigenvalue weighted by atomic mass is 10.1. The van der Waals surface area contributed by atoms with Crippen LogP contribution in [0, 0.1) is 5.92 Å². The molecule has 2 heterocycles. The summed E-state index contributed by atoms with van der Waals surface area (Å²) in [5.74, 6) is 0.401. The lowest BCUT2D eigenvalue weighted by molar-refractivity contribution is -0.129. The maximum Gasteiger partial charge on any atom is 0.251 e. The zero-order valence-corrected chi connectivity index (χ0v) is 17.1. The number of nitrogens with zero attached hydrogens (tertiary/aromatic N) is 1. The second-order valence-electron chi connectivity index (χ2n) is 8.51. The summed E-state index contributed by atoms with van der Waals surface area (Å²) in [4.78, 5) is 27.2. The fraction of sp³-hybridized carbons (Fsp3) is 0.417. The third-order valence-electron chi connectivity index (χ3n) is 6.45. The topological polar surface area (TPSA) is 67.9 Å². The predicted octanol–water partition coefficient (Wildman–Crippen LogP) is 4.28. The van der Waals surface area contributed by atoms with Gasteiger partial charge in [0, 0.05) is 37.6 Å². The smallest absolute Gasteiger partial charge is 0.251 e. The molecular weight excluding hydrogens is 380 g/mol. The minimum absolute atomic E-state index is 0.0142. The number of benzene rings is 2. The lowest BCUT2D eigenvalue weighted by Gasteiger charge is -2.25. The molecule has 6 nitrogen and oxygen atoms in total. The van der Waals surface area contributed by atoms with Crippen molar-refractivity contribution in [1.82, 2.24) is 4.90 Å². The molecule has 2 aromatic rings. The number of hydrogen-bond donors (Lipinski definition) is 1. The second-order valence-corrected chi connectivity index (χ2v) is 8.51. The number of anilines is 1. The van der Waals surface area contributed by atoms with Crippen LogP contribution in [-0.2, 0) is 9.59 Å². The minimum Gasteiger partial charge on any atom is -0.448 e. The van der Waals surface area contributed by atoms with Crippen molar-refractivity contribution >= 4 is 17.5 Å². The number of rotatable bonds is 4. The number of ether oxygens (including phenoxy) is 2. The van der Waals surface area contributed by atoms with Gasteiger partial charge in [0.15, 0.2) is 11.5 Å². The van der Waals surface area contributed by atoms with Gasteiger partial charge in [-0.3, -0.25) is 9.59 Å². The van der Waals surface area contributed by atoms with Gasteiger partial charge in [0.1, 0.15) is 0 Å². The first-order chi connectivity index (χ1) is 14.5. The molecule has 0 unspecified atom stereocenters. The largest absolute Gasteiger partial charge is 0.448 e. The van der Waals surface area contributed by atoms with Crippen molar-refractivity contribution in [3.63, 3.8) is 0 Å². The van der Waals surface area contributed by atoms with E-state index in [9.17, 15) is 9.59 Å². The summed E-state index contributed by atoms with van der Waals surface area (Å²) >= 11 is 0. The third kappa shape index (κ3) is 3.40. The first kappa shape index (κ1) is 19.0. The highest BCUT2D eigenvalue weighted by molar-refractivity contribution is 5.97. The van der Waals surface area contributed by atoms with Crippen molar-refractivity contribution in [2.24, 2.45) is 5.92 Å². The number of amides is 2. The van der Waals surface area contributed by atoms with Gasteiger partial charge in [0.05, 0.1) is 12.0 Å². The second kappa shape index (κ2) is 7.35. The molecule has 2 amide bonds. The molecule has 2 atom stereocenters. The summed E-state index contributed by atoms with van der Waals surface area (Å²) in [7, 11) is 0. The van der Waals surface area contributed by atoms with Crippen molar-refractivity contribution in [2.75, 3.05) is 11.9 Å². The van der Waals surface area contributed by atoms with Gasteiger partial charge >= 0.3 is 0 Å². The number of hydrogen-bond acceptors (Lipinski definition) is 4. The SMILES string of the molecule is C[C@@H](c1ccccc1)N1C[C@@H](C(=O)Nc2ccc3c(c2)OC2(CCCC2)O3)CC1=O. The fourth-order valence-electron chi connectivity index (χ4n) is 4.73. The molecule has 6 heteroatoms. The molecule has 1 spiro atoms. The summed E-state index contributed by atoms with van der Waals surface area (Å²) in [6, 6.07) is 15.3. The molecule has 2 fully saturated rings. The number of carbonyl (C=O) groups is 2. The van der Waals surface area contributed by atoms with Gasteiger partial charge < -0.3 is 19.7 Å². The summed E-state index contributed by atoms with van der Waals surface area (Å²) < 4.78 is 12.1. The molecule has 156 valence electrons. The van der Waals surface area contributed by atoms with Crippen LogP contribution in [0.4, 0.5) is 5.69 Å². The molecule has 30 heavy (non-hydrogen) atoms. The molecule has 0 aromatic heterocycles. The van der Waals surface area contributed by atoms with E-state index in [1.807, 2.05) is 55.5 Å². The Labute approximate surface area is 176 Å². The maximum atomic E-state index is 12.9. The Morgan fingerprint density at radius 2 is 1.83 bits per heavy atom. The molecule has 0 radical (unpaired) electrons. The van der Waals surface area contributed by atoms with Crippen LogP contribution in [0.5, 0.6) is 11.5 Å². The molecule has 1 saturated heterocycles. The summed E-state index contributed by atoms with van der Waals surface area (Å²) in [5, 5.41) is 2.96. The molecule has 2 aliphatic heterocycles. The van der Waals surface area contributed by atoms with Crippen LogP contribution in [0.3, 0.4) is 0 Å². The number of nitrogens with one attached hydrogen (secondary N) is 1. The van der Waals surface area contributed by atoms with Gasteiger partial charge in [0.25, 0.3) is 5.79 Å². The Morgan fingerprint density at radius 3 is 2.60 bits per heavy atom. The Hall–Kier alpha value is -3.02. The van der Waals surface area contributed by atoms with Crippen LogP contribution in [0.25, 0.3) is 0 Å². The standard InChI is InChI=1S/C24H26N2O4/c1-16(17-7-3-2-4-8-17)26-15-18(13-22(26)27)23(28)25-19-9-10-20-21(14-19)30-24(29-20)11-5-6-12-24/h2-4,7-10,14,16,18H,5-6,11-13,15H2,1H3,(H,25,28)/t16-,18-/m0/s1. The van der Waals surface area contributed by atoms with Crippen LogP contribution in [0.1, 0.15) is 50.6 Å². The van der Waals surface area contributed by atoms with Crippen LogP contribution in [0.15, 0.2) is 48.5 Å². The molecule has 0 bridgehead atoms. The van der Waals surface area contributed by atoms with Gasteiger partial charge in [-0.15, -0.1) is 0 Å². The maximum absolute atomic E-state index is 12.9. The highest BCUT2D eigenvalue weighted by Crippen LogP contribution is 2.47. The number of carbonyl (C=O) groups excluding carboxylic acids is 2. The van der Waals surface area contributed by atoms with E-state index >= 15 is 0 Å². The average Bonchev–Trinajstić information content (AvgIpc) is 3.46. The summed E-state index contributed by atoms with van der Waals surface area (Å²) in [5.41, 5.74) is 1.74. The zero-order valence-electron chi connectivity index (χ0n) is 17.1. The molecule has 1 saturated carbocycles. The van der Waals surface area contributed by atoms with Crippen molar-refractivity contribution in [3.8, 4) is 11.5 Å². The van der Waals surface area contributed by atoms with Crippen LogP contribution < -0.4 is 14.8 Å². The van der Waals surface area contributed by atoms with E-state index in [-0.39, 0.29) is 30.2 Å². The van der Waals surface area contributed by atoms with E-state index in [4.69, 9.17) is 9.47 Å². The quantitative estimate of drug-likeness (QED) is 0.823. The first-order valence-corrected chi connectivity index (χ1v) is 10.7. The van der Waals surface area contributed by atoms with E-state index in [0.717, 1.165) is 37.0 Å². The number of likely N-dealkylation sites (tertiary alicyclic amines) is 1. The number of fused-ring (bicyclic) bond motifs is 1. The van der Waals surface area contributed by atoms with Crippen molar-refractivity contribution < 1.29 is 19.1 Å². The third-order valence-corrected chi connectivity index (χ3v) is 6.45. The molecule has 1 N–H and O–H groups in total. The van der Waals surface area contributed by atoms with Crippen LogP contribution in [0.2, 0.25) is 0 Å². The Kier molecular flexibility index (Phi) is 4.65. The van der Waals surface area contributed by atoms with Crippen LogP contribution >= 0.6 is 0 Å². The van der Waals surface area contributed by atoms with Gasteiger partial charge in [0.2, 0.25) is 11.8 Å². The Bertz CT molecular complexity index is 968. The summed E-state index contributed by atoms with van der Waals surface area (Å²) in [6.45, 7) is 2.43. The van der Waals surface area contributed by atoms with Gasteiger partial charge in [-0.2, -0.15) is 0 Å². The zero-order chi connectivity index (χ0) is 20.7. The summed E-state index contributed by atoms with van der Waals surface area (Å²) in [6.07, 6.45) is 4.22. The predicted molar refractivity (Wildman–Crippen MR) is 112 cm³/mol. The highest BCUT2D eigenvalue weighted by atomic mass is 16.7. The molecule has 2 aromatic carbocycles. The molecular formula is C24H26N2O4. The average molecular weight is 406 g/mol. The van der Waals surface area contributed by atoms with Crippen molar-refractivity contribution in [2.45, 2.75) is 50.9 Å². The Balaban J connectivity index is 1.24. The van der Waals surface area contributed by atoms with Crippen LogP contribution in [-0.4, -0.2) is 29.0 Å². The van der Waals surface area contributed by atoms with Crippen molar-refractivity contribution in [1.29, 1.82) is 0 Å². The van der Waals surface area contributed by atoms with E-state index in [2.05, 4.69) is 5.32 Å². The first-order valence-electron chi connectivity index (χ1n) is 10.7. The highest BCUT2D eigenvalue weighted by Gasteiger charge is 2.44. The van der Waals surface area contributed by atoms with E-state index in [1.165, 1.54) is 0 Å². The minimum atomic E-state index is -0.517. The molecule has 5 rings (SSSR count). The molecule has 1 aliphatic carbocycles. The normalized spacial score (nSPS) is 22.5. The van der Waals surface area contributed by atoms with Gasteiger partial charge in [-0.1, -0.05) is 30.3 Å². The van der Waals surface area contributed by atoms with E-state index in [1.54, 1.807) is 4.90 Å². The van der Waals surface area contributed by atoms with Gasteiger partial charge in [-0.05, 0) is 37.5 Å².